The van der Waals surface area contributed by atoms with Crippen LogP contribution >= 0.6 is 22.9 Å². The number of piperazine rings is 1. The van der Waals surface area contributed by atoms with Crippen molar-refractivity contribution in [3.05, 3.63) is 100 Å². The van der Waals surface area contributed by atoms with E-state index < -0.39 is 47.1 Å². The molecule has 2 saturated heterocycles. The summed E-state index contributed by atoms with van der Waals surface area (Å²) in [6.07, 6.45) is 5.76. The molecular formula is C61H71ClF2N10O10S. The third-order valence-corrected chi connectivity index (χ3v) is 16.9. The number of phenolic OH excluding ortho intramolecular Hbond substituents is 1. The third-order valence-electron chi connectivity index (χ3n) is 15.7. The first kappa shape index (κ1) is 61.8. The lowest BCUT2D eigenvalue weighted by molar-refractivity contribution is -0.141. The van der Waals surface area contributed by atoms with Crippen molar-refractivity contribution in [2.24, 2.45) is 5.92 Å². The summed E-state index contributed by atoms with van der Waals surface area (Å²) in [5.74, 6) is -2.40. The molecule has 20 nitrogen and oxygen atoms in total. The van der Waals surface area contributed by atoms with E-state index in [9.17, 15) is 29.1 Å². The van der Waals surface area contributed by atoms with Crippen molar-refractivity contribution in [3.8, 4) is 33.9 Å². The molecule has 4 heterocycles. The van der Waals surface area contributed by atoms with Gasteiger partial charge in [0.15, 0.2) is 11.9 Å². The van der Waals surface area contributed by atoms with Gasteiger partial charge in [0.05, 0.1) is 48.7 Å². The summed E-state index contributed by atoms with van der Waals surface area (Å²) >= 11 is 8.12. The molecule has 24 heteroatoms. The van der Waals surface area contributed by atoms with Gasteiger partial charge in [-0.05, 0) is 80.3 Å². The molecule has 4 N–H and O–H groups in total. The van der Waals surface area contributed by atoms with Gasteiger partial charge in [0, 0.05) is 93.6 Å². The van der Waals surface area contributed by atoms with Gasteiger partial charge in [-0.25, -0.2) is 23.5 Å². The number of rotatable bonds is 24. The molecule has 5 amide bonds. The number of ether oxygens (including phenoxy) is 4. The number of benzene rings is 4. The number of alkyl carbamates (subject to hydrolysis) is 1. The van der Waals surface area contributed by atoms with Crippen molar-refractivity contribution >= 4 is 86.1 Å². The van der Waals surface area contributed by atoms with Crippen LogP contribution in [0.2, 0.25) is 5.02 Å². The van der Waals surface area contributed by atoms with E-state index in [-0.39, 0.29) is 89.9 Å². The van der Waals surface area contributed by atoms with Gasteiger partial charge in [0.25, 0.3) is 5.91 Å². The normalized spacial score (nSPS) is 16.3. The Hall–Kier alpha value is -7.73. The van der Waals surface area contributed by atoms with Crippen LogP contribution in [0.4, 0.5) is 25.3 Å². The third kappa shape index (κ3) is 14.7. The Morgan fingerprint density at radius 2 is 1.61 bits per heavy atom. The van der Waals surface area contributed by atoms with Crippen LogP contribution < -0.4 is 25.6 Å². The van der Waals surface area contributed by atoms with E-state index in [2.05, 4.69) is 27.5 Å². The minimum absolute atomic E-state index is 0.00678. The van der Waals surface area contributed by atoms with Crippen LogP contribution in [0.15, 0.2) is 78.7 Å². The highest BCUT2D eigenvalue weighted by Gasteiger charge is 2.41. The number of nitrogens with zero attached hydrogens (tertiary/aromatic N) is 7. The van der Waals surface area contributed by atoms with Crippen LogP contribution in [0.3, 0.4) is 0 Å². The molecule has 85 heavy (non-hydrogen) atoms. The minimum atomic E-state index is -1.07. The lowest BCUT2D eigenvalue weighted by Gasteiger charge is -2.35. The van der Waals surface area contributed by atoms with Gasteiger partial charge in [-0.2, -0.15) is 4.98 Å². The molecule has 2 aromatic heterocycles. The predicted molar refractivity (Wildman–Crippen MR) is 321 cm³/mol. The number of phenols is 1. The van der Waals surface area contributed by atoms with Crippen molar-refractivity contribution in [1.29, 1.82) is 0 Å². The molecule has 0 unspecified atom stereocenters. The maximum absolute atomic E-state index is 16.6. The summed E-state index contributed by atoms with van der Waals surface area (Å²) in [6.45, 7) is 8.85. The lowest BCUT2D eigenvalue weighted by Crippen LogP contribution is -2.54. The van der Waals surface area contributed by atoms with Crippen molar-refractivity contribution < 1.29 is 56.8 Å². The fourth-order valence-electron chi connectivity index (χ4n) is 11.1. The fraction of sp³-hybridized carbons (Fsp3) is 0.443. The second kappa shape index (κ2) is 28.9. The van der Waals surface area contributed by atoms with Crippen LogP contribution in [-0.2, 0) is 33.4 Å². The van der Waals surface area contributed by atoms with Gasteiger partial charge >= 0.3 is 6.09 Å². The van der Waals surface area contributed by atoms with E-state index in [1.807, 2.05) is 51.6 Å². The number of aromatic nitrogens is 3. The zero-order valence-electron chi connectivity index (χ0n) is 47.9. The molecule has 6 aromatic rings. The number of halogens is 3. The van der Waals surface area contributed by atoms with Gasteiger partial charge in [0.1, 0.15) is 46.3 Å². The smallest absolute Gasteiger partial charge is 0.407 e. The number of thiazole rings is 1. The van der Waals surface area contributed by atoms with E-state index in [4.69, 9.17) is 40.5 Å². The second-order valence-corrected chi connectivity index (χ2v) is 22.4. The highest BCUT2D eigenvalue weighted by molar-refractivity contribution is 7.10. The predicted octanol–water partition coefficient (Wildman–Crippen LogP) is 8.89. The quantitative estimate of drug-likeness (QED) is 0.0328. The lowest BCUT2D eigenvalue weighted by atomic mass is 9.83. The van der Waals surface area contributed by atoms with Gasteiger partial charge < -0.3 is 59.6 Å². The number of amides is 5. The van der Waals surface area contributed by atoms with E-state index in [0.29, 0.717) is 64.0 Å². The highest BCUT2D eigenvalue weighted by Crippen LogP contribution is 2.44. The molecule has 0 bridgehead atoms. The van der Waals surface area contributed by atoms with Crippen LogP contribution in [0, 0.1) is 17.6 Å². The molecule has 452 valence electrons. The number of likely N-dealkylation sites (N-methyl/N-ethyl adjacent to an activating group) is 1. The Bertz CT molecular complexity index is 3380. The molecule has 1 aliphatic carbocycles. The molecule has 3 aliphatic rings. The van der Waals surface area contributed by atoms with Gasteiger partial charge in [0.2, 0.25) is 23.7 Å². The SMILES string of the molecule is C=CC(=O)N1CCN(c2nc(NCCC(=O)N(C)CCOCCOCCOc3ccc(-c4csc([C@@H]5CCCN5C(=O)[C@@H](NC(=O)[C@H](C)OC(=O)NC)C5CCCCC5)n4)c4ccccc34)nc3c(F)c(-c4c(O)cccc4F)c(Cl)cc23)CC1. The molecule has 3 atom stereocenters. The molecule has 1 saturated carbocycles. The van der Waals surface area contributed by atoms with Crippen molar-refractivity contribution in [2.75, 3.05) is 103 Å². The number of hydrogen-bond acceptors (Lipinski definition) is 16. The molecule has 4 aromatic carbocycles. The van der Waals surface area contributed by atoms with Gasteiger partial charge in [-0.3, -0.25) is 19.2 Å². The van der Waals surface area contributed by atoms with Crippen LogP contribution in [-0.4, -0.2) is 170 Å². The maximum atomic E-state index is 16.6. The summed E-state index contributed by atoms with van der Waals surface area (Å²) < 4.78 is 54.6. The van der Waals surface area contributed by atoms with Crippen molar-refractivity contribution in [1.82, 2.24) is 40.3 Å². The van der Waals surface area contributed by atoms with E-state index in [0.717, 1.165) is 78.0 Å². The Morgan fingerprint density at radius 1 is 0.871 bits per heavy atom. The van der Waals surface area contributed by atoms with Crippen LogP contribution in [0.25, 0.3) is 44.1 Å². The summed E-state index contributed by atoms with van der Waals surface area (Å²) in [7, 11) is 3.08. The van der Waals surface area contributed by atoms with E-state index in [1.165, 1.54) is 54.5 Å². The largest absolute Gasteiger partial charge is 0.507 e. The second-order valence-electron chi connectivity index (χ2n) is 21.1. The number of carbonyl (C=O) groups is 5. The summed E-state index contributed by atoms with van der Waals surface area (Å²) in [6, 6.07) is 15.9. The number of fused-ring (bicyclic) bond motifs is 2. The Kier molecular flexibility index (Phi) is 21.0. The minimum Gasteiger partial charge on any atom is -0.507 e. The standard InChI is InChI=1S/C61H71ClF2N10O10S/c1-5-49(76)72-25-27-73(28-26-72)56-42-35-43(62)51(52-44(63)17-11-19-47(52)75)53(64)55(42)69-60(70-56)66-23-22-50(77)71(4)29-30-81-31-32-82-33-34-83-48-21-20-40(39-15-9-10-16-41(39)48)45-36-85-58(67-45)46-18-12-24-74(46)59(79)54(38-13-7-6-8-14-38)68-57(78)37(2)84-61(80)65-3/h5,9-11,15-17,19-21,35-38,46,54,75H,1,6-8,12-14,18,22-34H2,2-4H3,(H,65,80)(H,68,78)(H,66,69,70)/t37-,46-,54-/m0/s1. The zero-order valence-corrected chi connectivity index (χ0v) is 49.5. The average molecular weight is 1210 g/mol. The number of anilines is 2. The number of aromatic hydroxyl groups is 1. The molecule has 0 radical (unpaired) electrons. The first-order chi connectivity index (χ1) is 41.1. The Balaban J connectivity index is 0.731. The summed E-state index contributed by atoms with van der Waals surface area (Å²) in [5.41, 5.74) is 0.764. The zero-order chi connectivity index (χ0) is 60.1. The fourth-order valence-corrected chi connectivity index (χ4v) is 12.4. The Morgan fingerprint density at radius 3 is 2.35 bits per heavy atom. The monoisotopic (exact) mass is 1210 g/mol. The topological polar surface area (TPSA) is 230 Å². The molecule has 2 aliphatic heterocycles. The molecule has 0 spiro atoms. The average Bonchev–Trinajstić information content (AvgIpc) is 3.23. The molecule has 3 fully saturated rings. The molecule has 9 rings (SSSR count). The number of likely N-dealkylation sites (tertiary alicyclic amines) is 1. The van der Waals surface area contributed by atoms with Crippen LogP contribution in [0.1, 0.15) is 69.3 Å². The van der Waals surface area contributed by atoms with Crippen LogP contribution in [0.5, 0.6) is 11.5 Å². The first-order valence-electron chi connectivity index (χ1n) is 28.7. The van der Waals surface area contributed by atoms with Crippen molar-refractivity contribution in [2.45, 2.75) is 76.5 Å². The number of hydrogen-bond donors (Lipinski definition) is 4. The van der Waals surface area contributed by atoms with Gasteiger partial charge in [-0.1, -0.05) is 67.8 Å². The number of nitrogens with one attached hydrogen (secondary N) is 3. The number of carbonyl (C=O) groups excluding carboxylic acids is 5. The summed E-state index contributed by atoms with van der Waals surface area (Å²) in [5, 5.41) is 23.7. The van der Waals surface area contributed by atoms with E-state index in [1.54, 1.807) is 11.9 Å². The van der Waals surface area contributed by atoms with Gasteiger partial charge in [-0.15, -0.1) is 11.3 Å². The highest BCUT2D eigenvalue weighted by atomic mass is 35.5. The van der Waals surface area contributed by atoms with Crippen molar-refractivity contribution in [3.63, 3.8) is 0 Å². The molecular weight excluding hydrogens is 1140 g/mol. The summed E-state index contributed by atoms with van der Waals surface area (Å²) in [4.78, 5) is 86.3. The Labute approximate surface area is 500 Å². The van der Waals surface area contributed by atoms with E-state index >= 15 is 8.78 Å². The first-order valence-corrected chi connectivity index (χ1v) is 30.0. The maximum Gasteiger partial charge on any atom is 0.407 e.